The van der Waals surface area contributed by atoms with E-state index in [1.165, 1.54) is 0 Å². The van der Waals surface area contributed by atoms with E-state index in [0.717, 1.165) is 28.5 Å². The fourth-order valence-corrected chi connectivity index (χ4v) is 2.82. The molecule has 0 fully saturated rings. The van der Waals surface area contributed by atoms with Gasteiger partial charge in [-0.25, -0.2) is 4.99 Å². The van der Waals surface area contributed by atoms with Crippen LogP contribution in [0.2, 0.25) is 0 Å². The van der Waals surface area contributed by atoms with Crippen LogP contribution in [0.5, 0.6) is 5.75 Å². The summed E-state index contributed by atoms with van der Waals surface area (Å²) in [6.07, 6.45) is 5.93. The summed E-state index contributed by atoms with van der Waals surface area (Å²) in [5.74, 6) is 1.49. The van der Waals surface area contributed by atoms with Crippen molar-refractivity contribution in [2.45, 2.75) is 5.92 Å². The first kappa shape index (κ1) is 14.0. The van der Waals surface area contributed by atoms with E-state index in [1.807, 2.05) is 48.6 Å². The molecule has 1 aliphatic heterocycles. The highest BCUT2D eigenvalue weighted by Gasteiger charge is 2.27. The van der Waals surface area contributed by atoms with E-state index in [-0.39, 0.29) is 5.92 Å². The van der Waals surface area contributed by atoms with Gasteiger partial charge in [-0.2, -0.15) is 0 Å². The van der Waals surface area contributed by atoms with Crippen LogP contribution in [0.3, 0.4) is 0 Å². The molecule has 23 heavy (non-hydrogen) atoms. The van der Waals surface area contributed by atoms with Crippen LogP contribution >= 0.6 is 0 Å². The van der Waals surface area contributed by atoms with Gasteiger partial charge >= 0.3 is 7.12 Å². The molecule has 0 radical (unpaired) electrons. The normalized spacial score (nSPS) is 18.3. The van der Waals surface area contributed by atoms with Gasteiger partial charge in [-0.3, -0.25) is 0 Å². The predicted molar refractivity (Wildman–Crippen MR) is 90.4 cm³/mol. The van der Waals surface area contributed by atoms with Crippen molar-refractivity contribution in [3.63, 3.8) is 0 Å². The highest BCUT2D eigenvalue weighted by Crippen LogP contribution is 2.38. The lowest BCUT2D eigenvalue weighted by molar-refractivity contribution is 0.425. The van der Waals surface area contributed by atoms with E-state index in [0.29, 0.717) is 5.46 Å². The molecule has 4 nitrogen and oxygen atoms in total. The summed E-state index contributed by atoms with van der Waals surface area (Å²) in [5, 5.41) is 18.4. The molecule has 0 bridgehead atoms. The van der Waals surface area contributed by atoms with Gasteiger partial charge in [-0.15, -0.1) is 0 Å². The number of rotatable bonds is 2. The predicted octanol–water partition coefficient (Wildman–Crippen LogP) is 2.07. The van der Waals surface area contributed by atoms with Crippen molar-refractivity contribution in [1.82, 2.24) is 0 Å². The van der Waals surface area contributed by atoms with Crippen molar-refractivity contribution in [1.29, 1.82) is 0 Å². The molecular formula is C18H14BNO3. The number of ether oxygens (including phenoxy) is 1. The van der Waals surface area contributed by atoms with E-state index >= 15 is 0 Å². The van der Waals surface area contributed by atoms with Gasteiger partial charge < -0.3 is 14.8 Å². The van der Waals surface area contributed by atoms with Crippen molar-refractivity contribution >= 4 is 24.0 Å². The van der Waals surface area contributed by atoms with E-state index in [2.05, 4.69) is 6.08 Å². The molecule has 112 valence electrons. The number of benzene rings is 2. The van der Waals surface area contributed by atoms with Crippen LogP contribution in [0.15, 0.2) is 77.5 Å². The van der Waals surface area contributed by atoms with E-state index < -0.39 is 7.12 Å². The Balaban J connectivity index is 1.74. The van der Waals surface area contributed by atoms with Crippen LogP contribution in [-0.2, 0) is 0 Å². The largest absolute Gasteiger partial charge is 0.488 e. The van der Waals surface area contributed by atoms with Crippen molar-refractivity contribution in [3.05, 3.63) is 78.1 Å². The summed E-state index contributed by atoms with van der Waals surface area (Å²) < 4.78 is 5.95. The molecule has 1 heterocycles. The maximum atomic E-state index is 9.21. The van der Waals surface area contributed by atoms with Crippen molar-refractivity contribution in [3.8, 4) is 5.75 Å². The quantitative estimate of drug-likeness (QED) is 0.835. The third-order valence-corrected chi connectivity index (χ3v) is 4.02. The third kappa shape index (κ3) is 2.50. The summed E-state index contributed by atoms with van der Waals surface area (Å²) in [4.78, 5) is 4.76. The first-order valence-corrected chi connectivity index (χ1v) is 7.43. The molecule has 0 amide bonds. The maximum absolute atomic E-state index is 9.21. The average Bonchev–Trinajstić information content (AvgIpc) is 2.59. The number of aliphatic imine (C=N–C) groups is 1. The summed E-state index contributed by atoms with van der Waals surface area (Å²) in [6.45, 7) is 0. The van der Waals surface area contributed by atoms with E-state index in [4.69, 9.17) is 9.73 Å². The Hall–Kier alpha value is -2.63. The average molecular weight is 303 g/mol. The van der Waals surface area contributed by atoms with Crippen molar-refractivity contribution in [2.75, 3.05) is 0 Å². The fourth-order valence-electron chi connectivity index (χ4n) is 2.82. The number of hydrogen-bond donors (Lipinski definition) is 2. The van der Waals surface area contributed by atoms with Crippen LogP contribution in [0, 0.1) is 0 Å². The molecular weight excluding hydrogens is 289 g/mol. The van der Waals surface area contributed by atoms with Crippen molar-refractivity contribution in [2.24, 2.45) is 4.99 Å². The lowest BCUT2D eigenvalue weighted by atomic mass is 9.78. The summed E-state index contributed by atoms with van der Waals surface area (Å²) in [5.41, 5.74) is 3.18. The van der Waals surface area contributed by atoms with Crippen LogP contribution in [0.25, 0.3) is 0 Å². The van der Waals surface area contributed by atoms with Gasteiger partial charge in [0.05, 0.1) is 5.71 Å². The molecule has 2 N–H and O–H groups in total. The molecule has 2 aromatic rings. The van der Waals surface area contributed by atoms with Gasteiger partial charge in [0.25, 0.3) is 0 Å². The summed E-state index contributed by atoms with van der Waals surface area (Å²) >= 11 is 0. The lowest BCUT2D eigenvalue weighted by Crippen LogP contribution is -2.30. The number of nitrogens with zero attached hydrogens (tertiary/aromatic N) is 1. The highest BCUT2D eigenvalue weighted by molar-refractivity contribution is 6.58. The van der Waals surface area contributed by atoms with E-state index in [9.17, 15) is 10.0 Å². The Morgan fingerprint density at radius 3 is 2.57 bits per heavy atom. The highest BCUT2D eigenvalue weighted by atomic mass is 16.5. The second-order valence-corrected chi connectivity index (χ2v) is 5.50. The molecule has 0 saturated carbocycles. The molecule has 1 atom stereocenters. The zero-order valence-electron chi connectivity index (χ0n) is 12.3. The second kappa shape index (κ2) is 5.54. The molecule has 1 unspecified atom stereocenters. The zero-order valence-corrected chi connectivity index (χ0v) is 12.3. The number of para-hydroxylation sites is 2. The van der Waals surface area contributed by atoms with Crippen LogP contribution in [0.1, 0.15) is 11.5 Å². The third-order valence-electron chi connectivity index (χ3n) is 4.02. The first-order chi connectivity index (χ1) is 11.2. The maximum Gasteiger partial charge on any atom is 0.488 e. The molecule has 2 aliphatic rings. The second-order valence-electron chi connectivity index (χ2n) is 5.50. The Morgan fingerprint density at radius 1 is 1.00 bits per heavy atom. The number of fused-ring (bicyclic) bond motifs is 2. The van der Waals surface area contributed by atoms with Gasteiger partial charge in [-0.1, -0.05) is 48.6 Å². The topological polar surface area (TPSA) is 62.0 Å². The van der Waals surface area contributed by atoms with Gasteiger partial charge in [0.2, 0.25) is 0 Å². The van der Waals surface area contributed by atoms with Crippen LogP contribution in [-0.4, -0.2) is 22.9 Å². The molecule has 4 rings (SSSR count). The SMILES string of the molecule is OB(O)c1ccc(C2C=CC=C3Oc4ccccc4N=C32)cc1. The van der Waals surface area contributed by atoms with Gasteiger partial charge in [0.15, 0.2) is 5.75 Å². The smallest absolute Gasteiger partial charge is 0.453 e. The Labute approximate surface area is 134 Å². The first-order valence-electron chi connectivity index (χ1n) is 7.43. The van der Waals surface area contributed by atoms with Gasteiger partial charge in [0.1, 0.15) is 11.4 Å². The molecule has 0 aromatic heterocycles. The minimum absolute atomic E-state index is 0.0201. The fraction of sp³-hybridized carbons (Fsp3) is 0.0556. The monoisotopic (exact) mass is 303 g/mol. The van der Waals surface area contributed by atoms with Gasteiger partial charge in [-0.05, 0) is 29.2 Å². The van der Waals surface area contributed by atoms with Crippen LogP contribution in [0.4, 0.5) is 5.69 Å². The van der Waals surface area contributed by atoms with Crippen molar-refractivity contribution < 1.29 is 14.8 Å². The van der Waals surface area contributed by atoms with Crippen LogP contribution < -0.4 is 10.2 Å². The Morgan fingerprint density at radius 2 is 1.78 bits per heavy atom. The molecule has 0 saturated heterocycles. The molecule has 0 spiro atoms. The molecule has 1 aliphatic carbocycles. The molecule has 2 aromatic carbocycles. The lowest BCUT2D eigenvalue weighted by Gasteiger charge is -2.26. The Bertz CT molecular complexity index is 838. The summed E-state index contributed by atoms with van der Waals surface area (Å²) in [6, 6.07) is 14.9. The minimum atomic E-state index is -1.45. The minimum Gasteiger partial charge on any atom is -0.453 e. The number of hydrogen-bond acceptors (Lipinski definition) is 4. The van der Waals surface area contributed by atoms with E-state index in [1.54, 1.807) is 12.1 Å². The zero-order chi connectivity index (χ0) is 15.8. The summed E-state index contributed by atoms with van der Waals surface area (Å²) in [7, 11) is -1.45. The Kier molecular flexibility index (Phi) is 3.37. The molecule has 5 heteroatoms. The van der Waals surface area contributed by atoms with Gasteiger partial charge in [0, 0.05) is 5.92 Å². The number of allylic oxidation sites excluding steroid dienone is 4. The standard InChI is InChI=1S/C18H14BNO3/c21-19(22)13-10-8-12(9-11-13)14-4-3-7-17-18(14)20-15-5-1-2-6-16(15)23-17/h1-11,14,21-22H.